The van der Waals surface area contributed by atoms with Crippen LogP contribution in [0.25, 0.3) is 0 Å². The highest BCUT2D eigenvalue weighted by Gasteiger charge is 2.37. The van der Waals surface area contributed by atoms with Crippen LogP contribution in [-0.4, -0.2) is 36.3 Å². The summed E-state index contributed by atoms with van der Waals surface area (Å²) in [6.07, 6.45) is 2.60. The van der Waals surface area contributed by atoms with E-state index in [1.165, 1.54) is 0 Å². The Morgan fingerprint density at radius 2 is 1.60 bits per heavy atom. The summed E-state index contributed by atoms with van der Waals surface area (Å²) in [5.74, 6) is -0.424. The Morgan fingerprint density at radius 1 is 1.10 bits per heavy atom. The van der Waals surface area contributed by atoms with Crippen molar-refractivity contribution in [1.29, 1.82) is 5.26 Å². The lowest BCUT2D eigenvalue weighted by Gasteiger charge is -2.25. The molecule has 0 fully saturated rings. The van der Waals surface area contributed by atoms with Gasteiger partial charge >= 0.3 is 0 Å². The molecule has 0 saturated heterocycles. The molecule has 0 aliphatic heterocycles. The number of likely N-dealkylation sites (N-methyl/N-ethyl adjacent to an activating group) is 1. The maximum atomic E-state index is 12.3. The Labute approximate surface area is 122 Å². The summed E-state index contributed by atoms with van der Waals surface area (Å²) in [5, 5.41) is 12.0. The van der Waals surface area contributed by atoms with Gasteiger partial charge < -0.3 is 10.2 Å². The van der Waals surface area contributed by atoms with E-state index < -0.39 is 5.41 Å². The minimum atomic E-state index is -0.993. The highest BCUT2D eigenvalue weighted by molar-refractivity contribution is 5.89. The first kappa shape index (κ1) is 18.4. The standard InChI is InChI=1S/C15H27N3O2/c1-5-9-15(12-16,10-6-2)14(20)17-11-13(19)18(7-3)8-4/h5-11H2,1-4H3,(H,17,20). The van der Waals surface area contributed by atoms with Crippen molar-refractivity contribution >= 4 is 11.8 Å². The van der Waals surface area contributed by atoms with Gasteiger partial charge in [-0.15, -0.1) is 0 Å². The van der Waals surface area contributed by atoms with Crippen LogP contribution in [0.2, 0.25) is 0 Å². The molecule has 20 heavy (non-hydrogen) atoms. The topological polar surface area (TPSA) is 73.2 Å². The van der Waals surface area contributed by atoms with Crippen molar-refractivity contribution in [2.45, 2.75) is 53.4 Å². The average Bonchev–Trinajstić information content (AvgIpc) is 2.45. The Morgan fingerprint density at radius 3 is 1.95 bits per heavy atom. The van der Waals surface area contributed by atoms with E-state index in [1.54, 1.807) is 4.90 Å². The smallest absolute Gasteiger partial charge is 0.241 e. The molecule has 2 amide bonds. The summed E-state index contributed by atoms with van der Waals surface area (Å²) in [5.41, 5.74) is -0.993. The lowest BCUT2D eigenvalue weighted by atomic mass is 9.80. The van der Waals surface area contributed by atoms with Gasteiger partial charge in [0.05, 0.1) is 12.6 Å². The van der Waals surface area contributed by atoms with E-state index in [4.69, 9.17) is 0 Å². The van der Waals surface area contributed by atoms with Crippen LogP contribution in [0.4, 0.5) is 0 Å². The Hall–Kier alpha value is -1.57. The van der Waals surface area contributed by atoms with Gasteiger partial charge in [0.2, 0.25) is 11.8 Å². The number of nitrogens with one attached hydrogen (secondary N) is 1. The van der Waals surface area contributed by atoms with Crippen LogP contribution < -0.4 is 5.32 Å². The van der Waals surface area contributed by atoms with E-state index in [9.17, 15) is 14.9 Å². The fraction of sp³-hybridized carbons (Fsp3) is 0.800. The van der Waals surface area contributed by atoms with E-state index in [2.05, 4.69) is 11.4 Å². The van der Waals surface area contributed by atoms with Crippen LogP contribution in [0.5, 0.6) is 0 Å². The number of hydrogen-bond donors (Lipinski definition) is 1. The number of hydrogen-bond acceptors (Lipinski definition) is 3. The zero-order valence-corrected chi connectivity index (χ0v) is 13.2. The molecular weight excluding hydrogens is 254 g/mol. The SMILES string of the molecule is CCCC(C#N)(CCC)C(=O)NCC(=O)N(CC)CC. The Balaban J connectivity index is 4.70. The molecule has 0 spiro atoms. The summed E-state index contributed by atoms with van der Waals surface area (Å²) in [6.45, 7) is 8.93. The van der Waals surface area contributed by atoms with Crippen molar-refractivity contribution in [3.8, 4) is 6.07 Å². The first-order chi connectivity index (χ1) is 9.51. The zero-order chi connectivity index (χ0) is 15.6. The average molecular weight is 281 g/mol. The van der Waals surface area contributed by atoms with Gasteiger partial charge in [0.25, 0.3) is 0 Å². The van der Waals surface area contributed by atoms with Gasteiger partial charge in [-0.2, -0.15) is 5.26 Å². The third kappa shape index (κ3) is 4.84. The molecule has 0 heterocycles. The number of amides is 2. The molecule has 0 radical (unpaired) electrons. The predicted molar refractivity (Wildman–Crippen MR) is 78.8 cm³/mol. The lowest BCUT2D eigenvalue weighted by Crippen LogP contribution is -2.45. The minimum absolute atomic E-state index is 0.0304. The highest BCUT2D eigenvalue weighted by atomic mass is 16.2. The largest absolute Gasteiger partial charge is 0.346 e. The molecule has 0 unspecified atom stereocenters. The summed E-state index contributed by atoms with van der Waals surface area (Å²) >= 11 is 0. The maximum Gasteiger partial charge on any atom is 0.241 e. The fourth-order valence-corrected chi connectivity index (χ4v) is 2.38. The van der Waals surface area contributed by atoms with Crippen molar-refractivity contribution in [3.05, 3.63) is 0 Å². The molecule has 0 rings (SSSR count). The van der Waals surface area contributed by atoms with Crippen LogP contribution in [0.3, 0.4) is 0 Å². The maximum absolute atomic E-state index is 12.3. The Bertz CT molecular complexity index is 351. The first-order valence-electron chi connectivity index (χ1n) is 7.48. The third-order valence-corrected chi connectivity index (χ3v) is 3.52. The molecule has 0 saturated carbocycles. The highest BCUT2D eigenvalue weighted by Crippen LogP contribution is 2.29. The van der Waals surface area contributed by atoms with Crippen LogP contribution in [-0.2, 0) is 9.59 Å². The molecule has 5 heteroatoms. The summed E-state index contributed by atoms with van der Waals surface area (Å²) in [4.78, 5) is 25.8. The predicted octanol–water partition coefficient (Wildman–Crippen LogP) is 2.08. The van der Waals surface area contributed by atoms with Gasteiger partial charge in [-0.1, -0.05) is 26.7 Å². The van der Waals surface area contributed by atoms with Gasteiger partial charge in [-0.05, 0) is 26.7 Å². The van der Waals surface area contributed by atoms with Crippen molar-refractivity contribution in [3.63, 3.8) is 0 Å². The summed E-state index contributed by atoms with van der Waals surface area (Å²) in [6, 6.07) is 2.16. The molecule has 0 aromatic carbocycles. The van der Waals surface area contributed by atoms with Gasteiger partial charge in [0, 0.05) is 13.1 Å². The number of nitrogens with zero attached hydrogens (tertiary/aromatic N) is 2. The van der Waals surface area contributed by atoms with Crippen molar-refractivity contribution in [2.24, 2.45) is 5.41 Å². The van der Waals surface area contributed by atoms with E-state index in [-0.39, 0.29) is 18.4 Å². The molecule has 1 N–H and O–H groups in total. The number of rotatable bonds is 9. The van der Waals surface area contributed by atoms with Gasteiger partial charge in [-0.3, -0.25) is 9.59 Å². The van der Waals surface area contributed by atoms with E-state index >= 15 is 0 Å². The van der Waals surface area contributed by atoms with Gasteiger partial charge in [0.15, 0.2) is 0 Å². The van der Waals surface area contributed by atoms with Crippen molar-refractivity contribution in [2.75, 3.05) is 19.6 Å². The molecule has 0 aliphatic carbocycles. The second kappa shape index (κ2) is 9.35. The van der Waals surface area contributed by atoms with Gasteiger partial charge in [0.1, 0.15) is 5.41 Å². The number of carbonyl (C=O) groups is 2. The normalized spacial score (nSPS) is 10.8. The molecule has 0 aliphatic rings. The van der Waals surface area contributed by atoms with Crippen molar-refractivity contribution in [1.82, 2.24) is 10.2 Å². The van der Waals surface area contributed by atoms with E-state index in [0.29, 0.717) is 25.9 Å². The van der Waals surface area contributed by atoms with E-state index in [1.807, 2.05) is 27.7 Å². The molecule has 0 bridgehead atoms. The monoisotopic (exact) mass is 281 g/mol. The Kier molecular flexibility index (Phi) is 8.62. The minimum Gasteiger partial charge on any atom is -0.346 e. The van der Waals surface area contributed by atoms with Crippen LogP contribution in [0.1, 0.15) is 53.4 Å². The third-order valence-electron chi connectivity index (χ3n) is 3.52. The molecule has 0 atom stereocenters. The van der Waals surface area contributed by atoms with E-state index in [0.717, 1.165) is 12.8 Å². The zero-order valence-electron chi connectivity index (χ0n) is 13.2. The molecule has 0 aromatic heterocycles. The van der Waals surface area contributed by atoms with Crippen LogP contribution >= 0.6 is 0 Å². The van der Waals surface area contributed by atoms with Crippen LogP contribution in [0, 0.1) is 16.7 Å². The second-order valence-corrected chi connectivity index (χ2v) is 4.94. The summed E-state index contributed by atoms with van der Waals surface area (Å²) in [7, 11) is 0. The first-order valence-corrected chi connectivity index (χ1v) is 7.48. The molecule has 5 nitrogen and oxygen atoms in total. The second-order valence-electron chi connectivity index (χ2n) is 4.94. The quantitative estimate of drug-likeness (QED) is 0.703. The summed E-state index contributed by atoms with van der Waals surface area (Å²) < 4.78 is 0. The molecule has 0 aromatic rings. The van der Waals surface area contributed by atoms with Crippen LogP contribution in [0.15, 0.2) is 0 Å². The van der Waals surface area contributed by atoms with Crippen molar-refractivity contribution < 1.29 is 9.59 Å². The number of nitriles is 1. The van der Waals surface area contributed by atoms with Gasteiger partial charge in [-0.25, -0.2) is 0 Å². The fourth-order valence-electron chi connectivity index (χ4n) is 2.38. The number of carbonyl (C=O) groups excluding carboxylic acids is 2. The molecule has 114 valence electrons. The lowest BCUT2D eigenvalue weighted by molar-refractivity contribution is -0.135. The molecular formula is C15H27N3O2.